The predicted octanol–water partition coefficient (Wildman–Crippen LogP) is -0.803. The highest BCUT2D eigenvalue weighted by atomic mass is 19.3. The zero-order chi connectivity index (χ0) is 14.4. The molecule has 6 nitrogen and oxygen atoms in total. The van der Waals surface area contributed by atoms with Gasteiger partial charge in [-0.25, -0.2) is 0 Å². The Morgan fingerprint density at radius 3 is 2.74 bits per heavy atom. The summed E-state index contributed by atoms with van der Waals surface area (Å²) in [6.07, 6.45) is -1.31. The summed E-state index contributed by atoms with van der Waals surface area (Å²) < 4.78 is 32.5. The van der Waals surface area contributed by atoms with E-state index in [0.717, 1.165) is 19.2 Å². The van der Waals surface area contributed by atoms with Crippen LogP contribution < -0.4 is 0 Å². The summed E-state index contributed by atoms with van der Waals surface area (Å²) in [7, 11) is 0. The van der Waals surface area contributed by atoms with Crippen LogP contribution in [-0.4, -0.2) is 62.7 Å². The summed E-state index contributed by atoms with van der Waals surface area (Å²) in [5.41, 5.74) is -2.56. The standard InChI is InChI=1S/C11H15F2NO5/c1-10(18)2-3-14(9(17)11(10,12)13)8-4-6(16)7(5-15)19-8/h2-3,6-8,15-16,18H,4-5H2,1H3/t6-,7+,8+,10?/m0/s1. The van der Waals surface area contributed by atoms with Gasteiger partial charge in [-0.1, -0.05) is 0 Å². The molecule has 3 N–H and O–H groups in total. The van der Waals surface area contributed by atoms with E-state index in [0.29, 0.717) is 4.90 Å². The lowest BCUT2D eigenvalue weighted by Gasteiger charge is -2.38. The minimum absolute atomic E-state index is 0.0838. The maximum Gasteiger partial charge on any atom is 0.356 e. The third-order valence-electron chi connectivity index (χ3n) is 3.39. The maximum atomic E-state index is 13.7. The molecule has 8 heteroatoms. The molecule has 4 atom stereocenters. The minimum Gasteiger partial charge on any atom is -0.394 e. The first kappa shape index (κ1) is 14.3. The van der Waals surface area contributed by atoms with Crippen molar-refractivity contribution in [1.82, 2.24) is 4.90 Å². The fourth-order valence-electron chi connectivity index (χ4n) is 2.05. The Hall–Kier alpha value is -1.09. The summed E-state index contributed by atoms with van der Waals surface area (Å²) in [6, 6.07) is 0. The predicted molar refractivity (Wildman–Crippen MR) is 57.9 cm³/mol. The Kier molecular flexibility index (Phi) is 3.38. The lowest BCUT2D eigenvalue weighted by molar-refractivity contribution is -0.197. The molecule has 0 aliphatic carbocycles. The van der Waals surface area contributed by atoms with Crippen LogP contribution in [0.2, 0.25) is 0 Å². The molecule has 0 aromatic carbocycles. The van der Waals surface area contributed by atoms with E-state index < -0.39 is 42.5 Å². The second-order valence-electron chi connectivity index (χ2n) is 4.86. The highest BCUT2D eigenvalue weighted by Gasteiger charge is 2.59. The first-order valence-electron chi connectivity index (χ1n) is 5.77. The molecule has 1 saturated heterocycles. The summed E-state index contributed by atoms with van der Waals surface area (Å²) in [4.78, 5) is 12.3. The van der Waals surface area contributed by atoms with E-state index in [9.17, 15) is 23.8 Å². The first-order valence-corrected chi connectivity index (χ1v) is 5.77. The number of hydrogen-bond donors (Lipinski definition) is 3. The van der Waals surface area contributed by atoms with Gasteiger partial charge in [-0.3, -0.25) is 9.69 Å². The molecule has 2 aliphatic rings. The quantitative estimate of drug-likeness (QED) is 0.615. The van der Waals surface area contributed by atoms with Crippen LogP contribution in [0, 0.1) is 0 Å². The molecule has 1 amide bonds. The zero-order valence-corrected chi connectivity index (χ0v) is 10.2. The van der Waals surface area contributed by atoms with Crippen LogP contribution in [0.15, 0.2) is 12.3 Å². The molecular formula is C11H15F2NO5. The van der Waals surface area contributed by atoms with Crippen LogP contribution in [0.3, 0.4) is 0 Å². The van der Waals surface area contributed by atoms with E-state index >= 15 is 0 Å². The minimum atomic E-state index is -3.98. The number of amides is 1. The molecule has 1 unspecified atom stereocenters. The van der Waals surface area contributed by atoms with Gasteiger partial charge in [-0.15, -0.1) is 0 Å². The van der Waals surface area contributed by atoms with Crippen molar-refractivity contribution in [2.24, 2.45) is 0 Å². The van der Waals surface area contributed by atoms with Gasteiger partial charge in [0.25, 0.3) is 0 Å². The van der Waals surface area contributed by atoms with Crippen molar-refractivity contribution in [3.05, 3.63) is 12.3 Å². The van der Waals surface area contributed by atoms with E-state index in [4.69, 9.17) is 9.84 Å². The lowest BCUT2D eigenvalue weighted by atomic mass is 9.93. The molecule has 0 spiro atoms. The van der Waals surface area contributed by atoms with Crippen molar-refractivity contribution in [3.63, 3.8) is 0 Å². The van der Waals surface area contributed by atoms with Crippen molar-refractivity contribution >= 4 is 5.91 Å². The van der Waals surface area contributed by atoms with Crippen LogP contribution in [0.25, 0.3) is 0 Å². The molecule has 0 radical (unpaired) electrons. The molecule has 0 bridgehead atoms. The summed E-state index contributed by atoms with van der Waals surface area (Å²) >= 11 is 0. The van der Waals surface area contributed by atoms with Crippen molar-refractivity contribution in [3.8, 4) is 0 Å². The van der Waals surface area contributed by atoms with E-state index in [1.807, 2.05) is 0 Å². The highest BCUT2D eigenvalue weighted by molar-refractivity contribution is 5.87. The fraction of sp³-hybridized carbons (Fsp3) is 0.727. The third kappa shape index (κ3) is 2.14. The average Bonchev–Trinajstić information content (AvgIpc) is 2.68. The van der Waals surface area contributed by atoms with Gasteiger partial charge in [0, 0.05) is 12.6 Å². The largest absolute Gasteiger partial charge is 0.394 e. The lowest BCUT2D eigenvalue weighted by Crippen LogP contribution is -2.59. The van der Waals surface area contributed by atoms with Crippen molar-refractivity contribution in [1.29, 1.82) is 0 Å². The number of ether oxygens (including phenoxy) is 1. The topological polar surface area (TPSA) is 90.2 Å². The van der Waals surface area contributed by atoms with Gasteiger partial charge in [0.2, 0.25) is 0 Å². The summed E-state index contributed by atoms with van der Waals surface area (Å²) in [6.45, 7) is 0.358. The second kappa shape index (κ2) is 4.48. The van der Waals surface area contributed by atoms with Crippen molar-refractivity contribution < 1.29 is 33.6 Å². The van der Waals surface area contributed by atoms with Gasteiger partial charge in [-0.2, -0.15) is 8.78 Å². The maximum absolute atomic E-state index is 13.7. The Labute approximate surface area is 107 Å². The Morgan fingerprint density at radius 2 is 2.21 bits per heavy atom. The Morgan fingerprint density at radius 1 is 1.58 bits per heavy atom. The highest BCUT2D eigenvalue weighted by Crippen LogP contribution is 2.37. The summed E-state index contributed by atoms with van der Waals surface area (Å²) in [5.74, 6) is -5.58. The zero-order valence-electron chi connectivity index (χ0n) is 10.2. The van der Waals surface area contributed by atoms with Gasteiger partial charge in [0.15, 0.2) is 5.60 Å². The van der Waals surface area contributed by atoms with Crippen LogP contribution in [0.5, 0.6) is 0 Å². The first-order chi connectivity index (χ1) is 8.70. The number of carbonyl (C=O) groups is 1. The number of hydrogen-bond acceptors (Lipinski definition) is 5. The molecule has 2 aliphatic heterocycles. The fourth-order valence-corrected chi connectivity index (χ4v) is 2.05. The normalized spacial score (nSPS) is 41.9. The van der Waals surface area contributed by atoms with Crippen molar-refractivity contribution in [2.75, 3.05) is 6.61 Å². The van der Waals surface area contributed by atoms with E-state index in [1.54, 1.807) is 0 Å². The van der Waals surface area contributed by atoms with E-state index in [2.05, 4.69) is 0 Å². The average molecular weight is 279 g/mol. The molecule has 2 rings (SSSR count). The monoisotopic (exact) mass is 279 g/mol. The number of nitrogens with zero attached hydrogens (tertiary/aromatic N) is 1. The number of alkyl halides is 2. The molecule has 2 heterocycles. The van der Waals surface area contributed by atoms with Gasteiger partial charge in [0.1, 0.15) is 12.3 Å². The number of halogens is 2. The molecule has 19 heavy (non-hydrogen) atoms. The summed E-state index contributed by atoms with van der Waals surface area (Å²) in [5, 5.41) is 27.9. The van der Waals surface area contributed by atoms with Gasteiger partial charge < -0.3 is 20.1 Å². The van der Waals surface area contributed by atoms with E-state index in [-0.39, 0.29) is 6.42 Å². The number of rotatable bonds is 2. The number of aliphatic hydroxyl groups is 3. The molecule has 108 valence electrons. The second-order valence-corrected chi connectivity index (χ2v) is 4.86. The molecule has 0 saturated carbocycles. The molecule has 0 aromatic rings. The molecule has 0 aromatic heterocycles. The number of aliphatic hydroxyl groups excluding tert-OH is 2. The van der Waals surface area contributed by atoms with Crippen molar-refractivity contribution in [2.45, 2.75) is 43.3 Å². The SMILES string of the molecule is CC1(O)C=CN([C@H]2C[C@H](O)[C@@H](CO)O2)C(=O)C1(F)F. The number of carbonyl (C=O) groups excluding carboxylic acids is 1. The van der Waals surface area contributed by atoms with E-state index in [1.165, 1.54) is 0 Å². The van der Waals surface area contributed by atoms with Crippen LogP contribution >= 0.6 is 0 Å². The van der Waals surface area contributed by atoms with Crippen LogP contribution in [-0.2, 0) is 9.53 Å². The molecule has 1 fully saturated rings. The van der Waals surface area contributed by atoms with Crippen LogP contribution in [0.1, 0.15) is 13.3 Å². The Balaban J connectivity index is 2.22. The molecular weight excluding hydrogens is 264 g/mol. The van der Waals surface area contributed by atoms with Crippen LogP contribution in [0.4, 0.5) is 8.78 Å². The smallest absolute Gasteiger partial charge is 0.356 e. The third-order valence-corrected chi connectivity index (χ3v) is 3.39. The van der Waals surface area contributed by atoms with Gasteiger partial charge >= 0.3 is 11.8 Å². The van der Waals surface area contributed by atoms with Gasteiger partial charge in [0.05, 0.1) is 12.7 Å². The Bertz CT molecular complexity index is 412. The van der Waals surface area contributed by atoms with Gasteiger partial charge in [-0.05, 0) is 13.0 Å².